The Balaban J connectivity index is 2.23. The second-order valence-corrected chi connectivity index (χ2v) is 4.04. The molecule has 0 aliphatic carbocycles. The number of β-amino-alcohol motifs (C(OH)–C–C–N with tert-alkyl or cyclic N) is 1. The maximum Gasteiger partial charge on any atom is 0.328 e. The van der Waals surface area contributed by atoms with E-state index in [2.05, 4.69) is 14.7 Å². The summed E-state index contributed by atoms with van der Waals surface area (Å²) in [6, 6.07) is -0.823. The number of nitrogens with one attached hydrogen (secondary N) is 2. The first kappa shape index (κ1) is 12.4. The van der Waals surface area contributed by atoms with Crippen LogP contribution in [0.15, 0.2) is 11.0 Å². The number of amides is 1. The average molecular weight is 255 g/mol. The zero-order chi connectivity index (χ0) is 13.3. The SMILES string of the molecule is COC(=O)C1CC(O)CN1C(=O)c1c[nH]c(=O)[nH]1. The largest absolute Gasteiger partial charge is 0.467 e. The standard InChI is InChI=1S/C10H13N3O5/c1-18-9(16)7-2-5(14)4-13(7)8(15)6-3-11-10(17)12-6/h3,5,7,14H,2,4H2,1H3,(H2,11,12,17). The lowest BCUT2D eigenvalue weighted by molar-refractivity contribution is -0.145. The third-order valence-corrected chi connectivity index (χ3v) is 2.84. The van der Waals surface area contributed by atoms with Gasteiger partial charge in [-0.1, -0.05) is 0 Å². The molecule has 0 spiro atoms. The van der Waals surface area contributed by atoms with Crippen molar-refractivity contribution in [3.8, 4) is 0 Å². The molecule has 1 aromatic rings. The molecule has 1 fully saturated rings. The number of carbonyl (C=O) groups is 2. The van der Waals surface area contributed by atoms with Gasteiger partial charge in [0, 0.05) is 19.2 Å². The third-order valence-electron chi connectivity index (χ3n) is 2.84. The number of aliphatic hydroxyl groups is 1. The van der Waals surface area contributed by atoms with E-state index in [-0.39, 0.29) is 18.7 Å². The highest BCUT2D eigenvalue weighted by Crippen LogP contribution is 2.20. The van der Waals surface area contributed by atoms with Crippen LogP contribution in [0.3, 0.4) is 0 Å². The van der Waals surface area contributed by atoms with E-state index in [1.54, 1.807) is 0 Å². The predicted molar refractivity (Wildman–Crippen MR) is 58.9 cm³/mol. The van der Waals surface area contributed by atoms with E-state index in [9.17, 15) is 19.5 Å². The minimum Gasteiger partial charge on any atom is -0.467 e. The van der Waals surface area contributed by atoms with Gasteiger partial charge < -0.3 is 24.7 Å². The molecular formula is C10H13N3O5. The van der Waals surface area contributed by atoms with Gasteiger partial charge in [0.05, 0.1) is 13.2 Å². The number of carbonyl (C=O) groups excluding carboxylic acids is 2. The second kappa shape index (κ2) is 4.65. The molecule has 2 atom stereocenters. The van der Waals surface area contributed by atoms with Gasteiger partial charge in [0.1, 0.15) is 11.7 Å². The Morgan fingerprint density at radius 1 is 1.56 bits per heavy atom. The van der Waals surface area contributed by atoms with Crippen LogP contribution in [0.4, 0.5) is 0 Å². The van der Waals surface area contributed by atoms with Gasteiger partial charge in [0.2, 0.25) is 0 Å². The number of ether oxygens (including phenoxy) is 1. The van der Waals surface area contributed by atoms with Crippen molar-refractivity contribution in [2.75, 3.05) is 13.7 Å². The van der Waals surface area contributed by atoms with Crippen LogP contribution < -0.4 is 5.69 Å². The third kappa shape index (κ3) is 2.14. The summed E-state index contributed by atoms with van der Waals surface area (Å²) in [5.74, 6) is -1.11. The average Bonchev–Trinajstić information content (AvgIpc) is 2.93. The smallest absolute Gasteiger partial charge is 0.328 e. The second-order valence-electron chi connectivity index (χ2n) is 4.04. The zero-order valence-electron chi connectivity index (χ0n) is 9.67. The fourth-order valence-electron chi connectivity index (χ4n) is 2.00. The van der Waals surface area contributed by atoms with E-state index < -0.39 is 29.7 Å². The fourth-order valence-corrected chi connectivity index (χ4v) is 2.00. The molecule has 0 bridgehead atoms. The number of aromatic nitrogens is 2. The summed E-state index contributed by atoms with van der Waals surface area (Å²) in [5.41, 5.74) is -0.462. The van der Waals surface area contributed by atoms with Gasteiger partial charge in [-0.3, -0.25) is 4.79 Å². The van der Waals surface area contributed by atoms with Crippen molar-refractivity contribution in [2.24, 2.45) is 0 Å². The molecule has 1 amide bonds. The van der Waals surface area contributed by atoms with Crippen LogP contribution in [0.2, 0.25) is 0 Å². The van der Waals surface area contributed by atoms with Crippen LogP contribution in [-0.4, -0.2) is 57.7 Å². The van der Waals surface area contributed by atoms with Crippen molar-refractivity contribution in [2.45, 2.75) is 18.6 Å². The Morgan fingerprint density at radius 3 is 2.83 bits per heavy atom. The maximum atomic E-state index is 12.1. The summed E-state index contributed by atoms with van der Waals surface area (Å²) in [6.07, 6.45) is 0.584. The number of likely N-dealkylation sites (tertiary alicyclic amines) is 1. The van der Waals surface area contributed by atoms with Gasteiger partial charge in [0.15, 0.2) is 0 Å². The molecule has 0 radical (unpaired) electrons. The number of methoxy groups -OCH3 is 1. The molecule has 0 aromatic carbocycles. The van der Waals surface area contributed by atoms with Crippen molar-refractivity contribution < 1.29 is 19.4 Å². The topological polar surface area (TPSA) is 115 Å². The molecule has 1 aliphatic rings. The van der Waals surface area contributed by atoms with E-state index in [0.29, 0.717) is 0 Å². The number of hydrogen-bond donors (Lipinski definition) is 3. The molecule has 1 aromatic heterocycles. The van der Waals surface area contributed by atoms with Crippen molar-refractivity contribution in [1.82, 2.24) is 14.9 Å². The van der Waals surface area contributed by atoms with Crippen LogP contribution >= 0.6 is 0 Å². The number of H-pyrrole nitrogens is 2. The van der Waals surface area contributed by atoms with Gasteiger partial charge >= 0.3 is 11.7 Å². The van der Waals surface area contributed by atoms with E-state index in [1.807, 2.05) is 0 Å². The summed E-state index contributed by atoms with van der Waals surface area (Å²) in [4.78, 5) is 40.3. The van der Waals surface area contributed by atoms with Crippen molar-refractivity contribution >= 4 is 11.9 Å². The first-order valence-corrected chi connectivity index (χ1v) is 5.37. The minimum absolute atomic E-state index is 0.0335. The number of rotatable bonds is 2. The molecule has 8 heteroatoms. The Labute approximate surface area is 102 Å². The number of hydrogen-bond acceptors (Lipinski definition) is 5. The molecule has 1 saturated heterocycles. The van der Waals surface area contributed by atoms with Crippen LogP contribution in [0.1, 0.15) is 16.9 Å². The van der Waals surface area contributed by atoms with Gasteiger partial charge in [-0.2, -0.15) is 0 Å². The summed E-state index contributed by atoms with van der Waals surface area (Å²) in [6.45, 7) is 0.0335. The van der Waals surface area contributed by atoms with E-state index in [1.165, 1.54) is 18.2 Å². The lowest BCUT2D eigenvalue weighted by Gasteiger charge is -2.21. The molecule has 8 nitrogen and oxygen atoms in total. The number of nitrogens with zero attached hydrogens (tertiary/aromatic N) is 1. The molecule has 2 unspecified atom stereocenters. The molecule has 1 aliphatic heterocycles. The quantitative estimate of drug-likeness (QED) is 0.553. The molecule has 0 saturated carbocycles. The number of aromatic amines is 2. The van der Waals surface area contributed by atoms with Crippen LogP contribution in [0, 0.1) is 0 Å². The summed E-state index contributed by atoms with van der Waals surface area (Å²) in [7, 11) is 1.22. The number of imidazole rings is 1. The van der Waals surface area contributed by atoms with Gasteiger partial charge in [-0.15, -0.1) is 0 Å². The highest BCUT2D eigenvalue weighted by atomic mass is 16.5. The first-order valence-electron chi connectivity index (χ1n) is 5.37. The summed E-state index contributed by atoms with van der Waals surface area (Å²) < 4.78 is 4.58. The molecule has 2 heterocycles. The minimum atomic E-state index is -0.823. The zero-order valence-corrected chi connectivity index (χ0v) is 9.67. The van der Waals surface area contributed by atoms with Crippen LogP contribution in [0.5, 0.6) is 0 Å². The molecular weight excluding hydrogens is 242 g/mol. The monoisotopic (exact) mass is 255 g/mol. The van der Waals surface area contributed by atoms with Gasteiger partial charge in [-0.25, -0.2) is 9.59 Å². The fraction of sp³-hybridized carbons (Fsp3) is 0.500. The Hall–Kier alpha value is -2.09. The van der Waals surface area contributed by atoms with E-state index >= 15 is 0 Å². The highest BCUT2D eigenvalue weighted by Gasteiger charge is 2.40. The Bertz CT molecular complexity index is 520. The molecule has 18 heavy (non-hydrogen) atoms. The van der Waals surface area contributed by atoms with E-state index in [4.69, 9.17) is 0 Å². The molecule has 3 N–H and O–H groups in total. The summed E-state index contributed by atoms with van der Waals surface area (Å²) in [5, 5.41) is 9.53. The number of aliphatic hydroxyl groups excluding tert-OH is 1. The molecule has 98 valence electrons. The molecule has 2 rings (SSSR count). The Kier molecular flexibility index (Phi) is 3.19. The van der Waals surface area contributed by atoms with Gasteiger partial charge in [-0.05, 0) is 0 Å². The van der Waals surface area contributed by atoms with E-state index in [0.717, 1.165) is 0 Å². The lowest BCUT2D eigenvalue weighted by Crippen LogP contribution is -2.41. The summed E-state index contributed by atoms with van der Waals surface area (Å²) >= 11 is 0. The van der Waals surface area contributed by atoms with Crippen molar-refractivity contribution in [3.63, 3.8) is 0 Å². The van der Waals surface area contributed by atoms with Crippen LogP contribution in [0.25, 0.3) is 0 Å². The van der Waals surface area contributed by atoms with Gasteiger partial charge in [0.25, 0.3) is 5.91 Å². The number of esters is 1. The normalized spacial score (nSPS) is 23.1. The highest BCUT2D eigenvalue weighted by molar-refractivity contribution is 5.95. The van der Waals surface area contributed by atoms with Crippen molar-refractivity contribution in [1.29, 1.82) is 0 Å². The van der Waals surface area contributed by atoms with Crippen LogP contribution in [-0.2, 0) is 9.53 Å². The lowest BCUT2D eigenvalue weighted by atomic mass is 10.2. The first-order chi connectivity index (χ1) is 8.52. The van der Waals surface area contributed by atoms with Crippen molar-refractivity contribution in [3.05, 3.63) is 22.4 Å². The predicted octanol–water partition coefficient (Wildman–Crippen LogP) is -1.55. The Morgan fingerprint density at radius 2 is 2.28 bits per heavy atom. The maximum absolute atomic E-state index is 12.1.